The molecule has 34 heavy (non-hydrogen) atoms. The van der Waals surface area contributed by atoms with Gasteiger partial charge in [-0.05, 0) is 42.6 Å². The number of non-ortho nitro benzene ring substituents is 1. The average Bonchev–Trinajstić information content (AvgIpc) is 2.84. The lowest BCUT2D eigenvalue weighted by Gasteiger charge is -2.14. The first-order valence-corrected chi connectivity index (χ1v) is 11.4. The second-order valence-electron chi connectivity index (χ2n) is 7.57. The van der Waals surface area contributed by atoms with Crippen molar-refractivity contribution in [2.24, 2.45) is 0 Å². The molecule has 0 bridgehead atoms. The number of nitrogens with one attached hydrogen (secondary N) is 2. The normalized spacial score (nSPS) is 11.6. The lowest BCUT2D eigenvalue weighted by molar-refractivity contribution is -0.384. The molecule has 1 atom stereocenters. The Balaban J connectivity index is 1.42. The van der Waals surface area contributed by atoms with Crippen molar-refractivity contribution in [3.05, 3.63) is 107 Å². The van der Waals surface area contributed by atoms with E-state index in [0.29, 0.717) is 5.69 Å². The van der Waals surface area contributed by atoms with Crippen molar-refractivity contribution in [2.75, 3.05) is 10.6 Å². The molecule has 0 aliphatic rings. The predicted molar refractivity (Wildman–Crippen MR) is 135 cm³/mol. The van der Waals surface area contributed by atoms with E-state index in [9.17, 15) is 19.7 Å². The van der Waals surface area contributed by atoms with E-state index >= 15 is 0 Å². The van der Waals surface area contributed by atoms with Crippen molar-refractivity contribution in [3.8, 4) is 0 Å². The Morgan fingerprint density at radius 1 is 0.882 bits per heavy atom. The SMILES string of the molecule is CC(Sc1cccc(NC(=O)c2cccc([N+](=O)[O-])c2)c1)C(=O)Nc1cccc2ccccc12. The highest BCUT2D eigenvalue weighted by atomic mass is 32.2. The number of carbonyl (C=O) groups is 2. The number of nitro benzene ring substituents is 1. The molecule has 4 rings (SSSR count). The fraction of sp³-hybridized carbons (Fsp3) is 0.0769. The summed E-state index contributed by atoms with van der Waals surface area (Å²) in [5.41, 5.74) is 1.33. The summed E-state index contributed by atoms with van der Waals surface area (Å²) in [6.45, 7) is 1.82. The third kappa shape index (κ3) is 5.41. The number of benzene rings is 4. The van der Waals surface area contributed by atoms with Gasteiger partial charge in [-0.2, -0.15) is 0 Å². The highest BCUT2D eigenvalue weighted by molar-refractivity contribution is 8.00. The van der Waals surface area contributed by atoms with Crippen LogP contribution in [0.3, 0.4) is 0 Å². The average molecular weight is 472 g/mol. The number of hydrogen-bond donors (Lipinski definition) is 2. The molecule has 4 aromatic carbocycles. The maximum atomic E-state index is 12.8. The number of fused-ring (bicyclic) bond motifs is 1. The topological polar surface area (TPSA) is 101 Å². The summed E-state index contributed by atoms with van der Waals surface area (Å²) in [5, 5.41) is 18.3. The number of rotatable bonds is 7. The van der Waals surface area contributed by atoms with E-state index in [0.717, 1.165) is 21.4 Å². The smallest absolute Gasteiger partial charge is 0.270 e. The van der Waals surface area contributed by atoms with E-state index in [2.05, 4.69) is 10.6 Å². The van der Waals surface area contributed by atoms with Crippen LogP contribution in [0.1, 0.15) is 17.3 Å². The van der Waals surface area contributed by atoms with Gasteiger partial charge in [0, 0.05) is 39.4 Å². The zero-order chi connectivity index (χ0) is 24.1. The quantitative estimate of drug-likeness (QED) is 0.192. The van der Waals surface area contributed by atoms with E-state index in [1.54, 1.807) is 18.2 Å². The van der Waals surface area contributed by atoms with Gasteiger partial charge in [-0.15, -0.1) is 11.8 Å². The second kappa shape index (κ2) is 10.2. The second-order valence-corrected chi connectivity index (χ2v) is 8.98. The molecule has 8 heteroatoms. The minimum atomic E-state index is -0.543. The zero-order valence-electron chi connectivity index (χ0n) is 18.2. The van der Waals surface area contributed by atoms with Gasteiger partial charge in [0.2, 0.25) is 5.91 Å². The van der Waals surface area contributed by atoms with Crippen molar-refractivity contribution in [1.82, 2.24) is 0 Å². The fourth-order valence-electron chi connectivity index (χ4n) is 3.44. The lowest BCUT2D eigenvalue weighted by atomic mass is 10.1. The van der Waals surface area contributed by atoms with Crippen LogP contribution in [-0.2, 0) is 4.79 Å². The van der Waals surface area contributed by atoms with Crippen LogP contribution in [0.5, 0.6) is 0 Å². The van der Waals surface area contributed by atoms with Crippen molar-refractivity contribution >= 4 is 51.4 Å². The number of carbonyl (C=O) groups excluding carboxylic acids is 2. The van der Waals surface area contributed by atoms with Crippen molar-refractivity contribution in [3.63, 3.8) is 0 Å². The molecule has 0 heterocycles. The zero-order valence-corrected chi connectivity index (χ0v) is 19.0. The van der Waals surface area contributed by atoms with Crippen LogP contribution < -0.4 is 10.6 Å². The van der Waals surface area contributed by atoms with Gasteiger partial charge in [0.25, 0.3) is 11.6 Å². The summed E-state index contributed by atoms with van der Waals surface area (Å²) >= 11 is 1.37. The van der Waals surface area contributed by atoms with E-state index < -0.39 is 10.8 Å². The van der Waals surface area contributed by atoms with Gasteiger partial charge in [0.15, 0.2) is 0 Å². The molecule has 4 aromatic rings. The Morgan fingerprint density at radius 3 is 2.44 bits per heavy atom. The first-order chi connectivity index (χ1) is 16.4. The molecular weight excluding hydrogens is 450 g/mol. The molecule has 7 nitrogen and oxygen atoms in total. The Kier molecular flexibility index (Phi) is 6.89. The summed E-state index contributed by atoms with van der Waals surface area (Å²) in [4.78, 5) is 36.6. The van der Waals surface area contributed by atoms with Crippen molar-refractivity contribution < 1.29 is 14.5 Å². The number of amides is 2. The highest BCUT2D eigenvalue weighted by Gasteiger charge is 2.17. The van der Waals surface area contributed by atoms with Crippen LogP contribution in [0.25, 0.3) is 10.8 Å². The Bertz CT molecular complexity index is 1380. The summed E-state index contributed by atoms with van der Waals surface area (Å²) in [6, 6.07) is 26.3. The number of nitro groups is 1. The van der Waals surface area contributed by atoms with E-state index in [1.807, 2.05) is 55.5 Å². The summed E-state index contributed by atoms with van der Waals surface area (Å²) in [5.74, 6) is -0.583. The minimum absolute atomic E-state index is 0.132. The molecule has 0 spiro atoms. The molecule has 2 N–H and O–H groups in total. The summed E-state index contributed by atoms with van der Waals surface area (Å²) < 4.78 is 0. The molecule has 170 valence electrons. The number of thioether (sulfide) groups is 1. The molecule has 0 aromatic heterocycles. The lowest BCUT2D eigenvalue weighted by Crippen LogP contribution is -2.22. The largest absolute Gasteiger partial charge is 0.325 e. The molecule has 0 radical (unpaired) electrons. The molecule has 2 amide bonds. The summed E-state index contributed by atoms with van der Waals surface area (Å²) in [7, 11) is 0. The molecule has 0 saturated heterocycles. The minimum Gasteiger partial charge on any atom is -0.325 e. The Morgan fingerprint density at radius 2 is 1.62 bits per heavy atom. The summed E-state index contributed by atoms with van der Waals surface area (Å²) in [6.07, 6.45) is 0. The molecule has 0 aliphatic heterocycles. The van der Waals surface area contributed by atoms with Crippen LogP contribution in [0.15, 0.2) is 95.9 Å². The van der Waals surface area contributed by atoms with E-state index in [-0.39, 0.29) is 22.4 Å². The van der Waals surface area contributed by atoms with Crippen LogP contribution in [0.2, 0.25) is 0 Å². The highest BCUT2D eigenvalue weighted by Crippen LogP contribution is 2.28. The van der Waals surface area contributed by atoms with Gasteiger partial charge in [0.05, 0.1) is 10.2 Å². The van der Waals surface area contributed by atoms with Crippen LogP contribution >= 0.6 is 11.8 Å². The van der Waals surface area contributed by atoms with Gasteiger partial charge in [-0.3, -0.25) is 19.7 Å². The van der Waals surface area contributed by atoms with Crippen molar-refractivity contribution in [1.29, 1.82) is 0 Å². The first kappa shape index (κ1) is 23.0. The molecule has 0 saturated carbocycles. The number of nitrogens with zero attached hydrogens (tertiary/aromatic N) is 1. The molecule has 1 unspecified atom stereocenters. The maximum Gasteiger partial charge on any atom is 0.270 e. The molecule has 0 aliphatic carbocycles. The standard InChI is InChI=1S/C26H21N3O4S/c1-17(25(30)28-24-14-5-8-18-7-2-3-13-23(18)24)34-22-12-6-10-20(16-22)27-26(31)19-9-4-11-21(15-19)29(32)33/h2-17H,1H3,(H,27,31)(H,28,30). The van der Waals surface area contributed by atoms with Gasteiger partial charge in [-0.25, -0.2) is 0 Å². The fourth-order valence-corrected chi connectivity index (χ4v) is 4.36. The van der Waals surface area contributed by atoms with Crippen LogP contribution in [0, 0.1) is 10.1 Å². The Hall–Kier alpha value is -4.17. The molecular formula is C26H21N3O4S. The third-order valence-corrected chi connectivity index (χ3v) is 6.23. The molecule has 0 fully saturated rings. The maximum absolute atomic E-state index is 12.8. The van der Waals surface area contributed by atoms with Gasteiger partial charge >= 0.3 is 0 Å². The van der Waals surface area contributed by atoms with Crippen LogP contribution in [-0.4, -0.2) is 22.0 Å². The third-order valence-electron chi connectivity index (χ3n) is 5.14. The van der Waals surface area contributed by atoms with Gasteiger partial charge in [0.1, 0.15) is 0 Å². The van der Waals surface area contributed by atoms with Crippen LogP contribution in [0.4, 0.5) is 17.1 Å². The van der Waals surface area contributed by atoms with Gasteiger partial charge < -0.3 is 10.6 Å². The number of anilines is 2. The van der Waals surface area contributed by atoms with E-state index in [4.69, 9.17) is 0 Å². The van der Waals surface area contributed by atoms with E-state index in [1.165, 1.54) is 36.0 Å². The first-order valence-electron chi connectivity index (χ1n) is 10.5. The van der Waals surface area contributed by atoms with Gasteiger partial charge in [-0.1, -0.05) is 48.5 Å². The number of hydrogen-bond acceptors (Lipinski definition) is 5. The van der Waals surface area contributed by atoms with Crippen molar-refractivity contribution in [2.45, 2.75) is 17.1 Å². The predicted octanol–water partition coefficient (Wildman–Crippen LogP) is 6.12. The Labute approximate surface area is 200 Å². The monoisotopic (exact) mass is 471 g/mol.